The van der Waals surface area contributed by atoms with Crippen LogP contribution >= 0.6 is 20.2 Å². The van der Waals surface area contributed by atoms with Gasteiger partial charge in [0, 0.05) is 7.11 Å². The molecule has 0 saturated heterocycles. The summed E-state index contributed by atoms with van der Waals surface area (Å²) in [5.41, 5.74) is 8.78. The maximum absolute atomic E-state index is 5.44. The van der Waals surface area contributed by atoms with Gasteiger partial charge in [0.2, 0.25) is 5.90 Å². The third kappa shape index (κ3) is 9.05. The first kappa shape index (κ1) is 28.3. The molecule has 0 bridgehead atoms. The molecule has 5 nitrogen and oxygen atoms in total. The molecule has 1 unspecified atom stereocenters. The van der Waals surface area contributed by atoms with Gasteiger partial charge in [-0.15, -0.1) is 0 Å². The zero-order valence-corrected chi connectivity index (χ0v) is 22.4. The van der Waals surface area contributed by atoms with E-state index in [9.17, 15) is 0 Å². The fraction of sp³-hybridized carbons (Fsp3) is 0.375. The molecule has 0 aliphatic rings. The standard InChI is InChI=1S/C24H31N3O2.2ClH.Fe/c1-15-9-17(3)23(18(4)10-15)25-13-21(28-7)27-22(29-8)14-26-24-19(5)11-16(2)12-20(24)6;;;/h9-14,21H,1-8H3;2*1H;/q;;;+2/p-2/b25-13?,26-14?,27-22+;;;. The van der Waals surface area contributed by atoms with Crippen LogP contribution in [0, 0.1) is 41.5 Å². The van der Waals surface area contributed by atoms with E-state index in [0.717, 1.165) is 33.6 Å². The molecule has 0 amide bonds. The van der Waals surface area contributed by atoms with E-state index in [1.54, 1.807) is 26.6 Å². The van der Waals surface area contributed by atoms with Gasteiger partial charge in [0.25, 0.3) is 0 Å². The molecule has 2 aromatic rings. The number of hydrogen-bond donors (Lipinski definition) is 0. The van der Waals surface area contributed by atoms with E-state index in [0.29, 0.717) is 5.90 Å². The molecule has 0 N–H and O–H groups in total. The van der Waals surface area contributed by atoms with Gasteiger partial charge < -0.3 is 9.47 Å². The van der Waals surface area contributed by atoms with Gasteiger partial charge in [-0.3, -0.25) is 9.98 Å². The van der Waals surface area contributed by atoms with Crippen molar-refractivity contribution >= 4 is 49.9 Å². The van der Waals surface area contributed by atoms with Crippen molar-refractivity contribution < 1.29 is 22.6 Å². The average molecular weight is 520 g/mol. The number of halogens is 2. The predicted molar refractivity (Wildman–Crippen MR) is 135 cm³/mol. The molecule has 0 spiro atoms. The van der Waals surface area contributed by atoms with Crippen LogP contribution in [0.3, 0.4) is 0 Å². The first-order valence-electron chi connectivity index (χ1n) is 9.90. The van der Waals surface area contributed by atoms with Gasteiger partial charge in [-0.2, -0.15) is 0 Å². The van der Waals surface area contributed by atoms with Crippen LogP contribution in [0.25, 0.3) is 0 Å². The van der Waals surface area contributed by atoms with E-state index in [4.69, 9.17) is 29.7 Å². The number of benzene rings is 2. The first-order chi connectivity index (χ1) is 15.2. The molecule has 1 atom stereocenters. The molecule has 0 aliphatic carbocycles. The Morgan fingerprint density at radius 2 is 1.22 bits per heavy atom. The van der Waals surface area contributed by atoms with E-state index in [1.807, 2.05) is 13.8 Å². The summed E-state index contributed by atoms with van der Waals surface area (Å²) in [5.74, 6) is 0.375. The predicted octanol–water partition coefficient (Wildman–Crippen LogP) is 7.04. The number of ether oxygens (including phenoxy) is 2. The normalized spacial score (nSPS) is 12.9. The minimum atomic E-state index is -0.572. The molecule has 2 rings (SSSR count). The molecule has 0 aromatic heterocycles. The monoisotopic (exact) mass is 519 g/mol. The zero-order chi connectivity index (χ0) is 24.3. The molecule has 0 fully saturated rings. The second-order valence-corrected chi connectivity index (χ2v) is 9.20. The minimum absolute atomic E-state index is 0.194. The van der Waals surface area contributed by atoms with Crippen LogP contribution in [0.15, 0.2) is 39.2 Å². The summed E-state index contributed by atoms with van der Waals surface area (Å²) in [6, 6.07) is 8.45. The Labute approximate surface area is 206 Å². The van der Waals surface area contributed by atoms with Gasteiger partial charge >= 0.3 is 33.3 Å². The third-order valence-corrected chi connectivity index (χ3v) is 4.61. The summed E-state index contributed by atoms with van der Waals surface area (Å²) in [4.78, 5) is 13.7. The van der Waals surface area contributed by atoms with Gasteiger partial charge in [0.1, 0.15) is 0 Å². The molecule has 2 aromatic carbocycles. The summed E-state index contributed by atoms with van der Waals surface area (Å²) in [7, 11) is 12.7. The second-order valence-electron chi connectivity index (χ2n) is 7.38. The third-order valence-electron chi connectivity index (χ3n) is 4.61. The van der Waals surface area contributed by atoms with Gasteiger partial charge in [-0.05, 0) is 63.8 Å². The van der Waals surface area contributed by atoms with Gasteiger partial charge in [0.05, 0.1) is 30.9 Å². The van der Waals surface area contributed by atoms with Gasteiger partial charge in [-0.25, -0.2) is 4.99 Å². The maximum atomic E-state index is 5.44. The number of aliphatic imine (C=N–C) groups is 3. The van der Waals surface area contributed by atoms with Crippen LogP contribution in [-0.4, -0.2) is 38.8 Å². The Kier molecular flexibility index (Phi) is 12.8. The Bertz CT molecular complexity index is 945. The number of rotatable bonds is 6. The zero-order valence-electron chi connectivity index (χ0n) is 19.8. The van der Waals surface area contributed by atoms with Crippen LogP contribution in [-0.2, 0) is 22.6 Å². The summed E-state index contributed by atoms with van der Waals surface area (Å²) in [5, 5.41) is 0. The van der Waals surface area contributed by atoms with E-state index >= 15 is 0 Å². The SMILES string of the molecule is CO/C(C=Nc1c(C)cc(C)cc1C)=N/C(C=Nc1c(C)cc(C)cc1C)OC.[Cl][Fe][Cl]. The molecule has 176 valence electrons. The van der Waals surface area contributed by atoms with Crippen LogP contribution in [0.4, 0.5) is 11.4 Å². The molecular formula is C24H31Cl2FeN3O2. The molecule has 0 heterocycles. The number of hydrogen-bond acceptors (Lipinski definition) is 5. The summed E-state index contributed by atoms with van der Waals surface area (Å²) in [6.07, 6.45) is 2.73. The van der Waals surface area contributed by atoms with Crippen LogP contribution in [0.1, 0.15) is 33.4 Å². The summed E-state index contributed by atoms with van der Waals surface area (Å²) >= 11 is 0.194. The van der Waals surface area contributed by atoms with E-state index in [-0.39, 0.29) is 13.1 Å². The molecule has 0 radical (unpaired) electrons. The Balaban J connectivity index is 0.00000161. The van der Waals surface area contributed by atoms with Crippen molar-refractivity contribution in [3.05, 3.63) is 57.6 Å². The average Bonchev–Trinajstić information content (AvgIpc) is 2.70. The fourth-order valence-corrected chi connectivity index (χ4v) is 3.42. The molecule has 0 saturated carbocycles. The quantitative estimate of drug-likeness (QED) is 0.233. The summed E-state index contributed by atoms with van der Waals surface area (Å²) in [6.45, 7) is 12.4. The van der Waals surface area contributed by atoms with Gasteiger partial charge in [0.15, 0.2) is 6.23 Å². The number of methoxy groups -OCH3 is 2. The summed E-state index contributed by atoms with van der Waals surface area (Å²) < 4.78 is 10.8. The van der Waals surface area contributed by atoms with Gasteiger partial charge in [-0.1, -0.05) is 35.4 Å². The second kappa shape index (κ2) is 14.5. The Hall–Kier alpha value is -1.69. The van der Waals surface area contributed by atoms with Crippen LogP contribution in [0.2, 0.25) is 0 Å². The Morgan fingerprint density at radius 3 is 1.59 bits per heavy atom. The van der Waals surface area contributed by atoms with Crippen LogP contribution < -0.4 is 0 Å². The van der Waals surface area contributed by atoms with E-state index in [1.165, 1.54) is 11.1 Å². The number of aryl methyl sites for hydroxylation is 6. The van der Waals surface area contributed by atoms with Crippen molar-refractivity contribution in [2.24, 2.45) is 15.0 Å². The van der Waals surface area contributed by atoms with Crippen molar-refractivity contribution in [1.29, 1.82) is 0 Å². The molecular weight excluding hydrogens is 489 g/mol. The number of nitrogens with zero attached hydrogens (tertiary/aromatic N) is 3. The molecule has 0 aliphatic heterocycles. The molecule has 8 heteroatoms. The Morgan fingerprint density at radius 1 is 0.812 bits per heavy atom. The van der Waals surface area contributed by atoms with Crippen molar-refractivity contribution in [3.63, 3.8) is 0 Å². The van der Waals surface area contributed by atoms with E-state index in [2.05, 4.69) is 66.9 Å². The van der Waals surface area contributed by atoms with Crippen molar-refractivity contribution in [2.75, 3.05) is 14.2 Å². The van der Waals surface area contributed by atoms with Crippen molar-refractivity contribution in [2.45, 2.75) is 47.8 Å². The first-order valence-corrected chi connectivity index (χ1v) is 12.9. The topological polar surface area (TPSA) is 55.5 Å². The van der Waals surface area contributed by atoms with E-state index < -0.39 is 6.23 Å². The van der Waals surface area contributed by atoms with Crippen molar-refractivity contribution in [1.82, 2.24) is 0 Å². The van der Waals surface area contributed by atoms with Crippen molar-refractivity contribution in [3.8, 4) is 0 Å². The fourth-order valence-electron chi connectivity index (χ4n) is 3.42. The van der Waals surface area contributed by atoms with Crippen LogP contribution in [0.5, 0.6) is 0 Å². The molecule has 32 heavy (non-hydrogen) atoms.